The monoisotopic (exact) mass is 268 g/mol. The Morgan fingerprint density at radius 3 is 2.93 bits per heavy atom. The molecule has 0 saturated carbocycles. The van der Waals surface area contributed by atoms with E-state index in [0.717, 1.165) is 28.4 Å². The van der Waals surface area contributed by atoms with E-state index in [1.165, 1.54) is 19.4 Å². The average Bonchev–Trinajstić information content (AvgIpc) is 2.70. The predicted molar refractivity (Wildman–Crippen MR) is 67.3 cm³/mol. The Labute approximate surface area is 99.8 Å². The third kappa shape index (κ3) is 2.33. The highest BCUT2D eigenvalue weighted by atomic mass is 79.9. The van der Waals surface area contributed by atoms with Crippen LogP contribution in [0.2, 0.25) is 0 Å². The Hall–Kier alpha value is -0.570. The molecule has 1 aliphatic rings. The molecule has 2 rings (SSSR count). The van der Waals surface area contributed by atoms with Crippen LogP contribution in [0.25, 0.3) is 0 Å². The van der Waals surface area contributed by atoms with Crippen LogP contribution in [-0.4, -0.2) is 18.1 Å². The number of aromatic nitrogens is 1. The van der Waals surface area contributed by atoms with Crippen molar-refractivity contribution < 1.29 is 0 Å². The highest BCUT2D eigenvalue weighted by molar-refractivity contribution is 9.10. The van der Waals surface area contributed by atoms with Gasteiger partial charge in [-0.15, -0.1) is 0 Å². The third-order valence-electron chi connectivity index (χ3n) is 3.19. The van der Waals surface area contributed by atoms with E-state index >= 15 is 0 Å². The highest BCUT2D eigenvalue weighted by Crippen LogP contribution is 2.25. The Balaban J connectivity index is 2.13. The molecule has 0 aliphatic carbocycles. The van der Waals surface area contributed by atoms with Gasteiger partial charge in [0.1, 0.15) is 5.82 Å². The molecule has 0 radical (unpaired) electrons. The average molecular weight is 269 g/mol. The zero-order chi connectivity index (χ0) is 10.8. The first-order valence-electron chi connectivity index (χ1n) is 5.58. The van der Waals surface area contributed by atoms with Crippen molar-refractivity contribution in [3.8, 4) is 0 Å². The normalized spacial score (nSPS) is 21.0. The number of rotatable bonds is 2. The van der Waals surface area contributed by atoms with Gasteiger partial charge in [0.15, 0.2) is 0 Å². The largest absolute Gasteiger partial charge is 0.356 e. The fraction of sp³-hybridized carbons (Fsp3) is 0.583. The SMILES string of the molecule is CCC1CCN(c2ccc(Br)c(C)n2)C1. The number of hydrogen-bond acceptors (Lipinski definition) is 2. The van der Waals surface area contributed by atoms with Crippen LogP contribution in [0.15, 0.2) is 16.6 Å². The lowest BCUT2D eigenvalue weighted by Crippen LogP contribution is -2.20. The summed E-state index contributed by atoms with van der Waals surface area (Å²) in [7, 11) is 0. The van der Waals surface area contributed by atoms with E-state index in [9.17, 15) is 0 Å². The van der Waals surface area contributed by atoms with Crippen molar-refractivity contribution >= 4 is 21.7 Å². The third-order valence-corrected chi connectivity index (χ3v) is 4.03. The van der Waals surface area contributed by atoms with Crippen molar-refractivity contribution in [1.29, 1.82) is 0 Å². The second-order valence-electron chi connectivity index (χ2n) is 4.25. The maximum Gasteiger partial charge on any atom is 0.128 e. The summed E-state index contributed by atoms with van der Waals surface area (Å²) in [5.74, 6) is 1.99. The van der Waals surface area contributed by atoms with Gasteiger partial charge in [-0.25, -0.2) is 4.98 Å². The van der Waals surface area contributed by atoms with Gasteiger partial charge in [-0.05, 0) is 47.3 Å². The van der Waals surface area contributed by atoms with E-state index in [4.69, 9.17) is 0 Å². The lowest BCUT2D eigenvalue weighted by Gasteiger charge is -2.17. The summed E-state index contributed by atoms with van der Waals surface area (Å²) in [6, 6.07) is 4.20. The first kappa shape index (κ1) is 10.9. The summed E-state index contributed by atoms with van der Waals surface area (Å²) in [4.78, 5) is 7.00. The lowest BCUT2D eigenvalue weighted by molar-refractivity contribution is 0.568. The zero-order valence-corrected chi connectivity index (χ0v) is 10.9. The van der Waals surface area contributed by atoms with E-state index in [2.05, 4.69) is 44.9 Å². The van der Waals surface area contributed by atoms with Gasteiger partial charge in [0, 0.05) is 17.6 Å². The molecule has 15 heavy (non-hydrogen) atoms. The Morgan fingerprint density at radius 1 is 1.53 bits per heavy atom. The second kappa shape index (κ2) is 4.52. The number of nitrogens with zero attached hydrogens (tertiary/aromatic N) is 2. The fourth-order valence-corrected chi connectivity index (χ4v) is 2.30. The van der Waals surface area contributed by atoms with Gasteiger partial charge in [-0.2, -0.15) is 0 Å². The molecule has 1 aromatic rings. The van der Waals surface area contributed by atoms with E-state index < -0.39 is 0 Å². The van der Waals surface area contributed by atoms with Crippen LogP contribution in [-0.2, 0) is 0 Å². The zero-order valence-electron chi connectivity index (χ0n) is 9.33. The molecule has 3 heteroatoms. The van der Waals surface area contributed by atoms with Crippen molar-refractivity contribution in [3.05, 3.63) is 22.3 Å². The maximum absolute atomic E-state index is 4.60. The van der Waals surface area contributed by atoms with E-state index in [0.29, 0.717) is 0 Å². The van der Waals surface area contributed by atoms with Gasteiger partial charge in [0.25, 0.3) is 0 Å². The minimum Gasteiger partial charge on any atom is -0.356 e. The molecule has 82 valence electrons. The van der Waals surface area contributed by atoms with Crippen molar-refractivity contribution in [2.24, 2.45) is 5.92 Å². The van der Waals surface area contributed by atoms with Crippen LogP contribution in [0.1, 0.15) is 25.5 Å². The number of hydrogen-bond donors (Lipinski definition) is 0. The smallest absolute Gasteiger partial charge is 0.128 e. The molecule has 2 nitrogen and oxygen atoms in total. The van der Waals surface area contributed by atoms with Crippen LogP contribution in [0, 0.1) is 12.8 Å². The molecular formula is C12H17BrN2. The van der Waals surface area contributed by atoms with Crippen LogP contribution in [0.4, 0.5) is 5.82 Å². The number of halogens is 1. The van der Waals surface area contributed by atoms with Crippen LogP contribution in [0.5, 0.6) is 0 Å². The number of anilines is 1. The van der Waals surface area contributed by atoms with Crippen molar-refractivity contribution in [2.45, 2.75) is 26.7 Å². The number of pyridine rings is 1. The molecule has 1 saturated heterocycles. The van der Waals surface area contributed by atoms with Gasteiger partial charge in [-0.3, -0.25) is 0 Å². The van der Waals surface area contributed by atoms with Gasteiger partial charge >= 0.3 is 0 Å². The Morgan fingerprint density at radius 2 is 2.33 bits per heavy atom. The quantitative estimate of drug-likeness (QED) is 0.818. The molecule has 1 unspecified atom stereocenters. The summed E-state index contributed by atoms with van der Waals surface area (Å²) in [6.07, 6.45) is 2.60. The van der Waals surface area contributed by atoms with Crippen LogP contribution in [0.3, 0.4) is 0 Å². The molecule has 0 bridgehead atoms. The molecular weight excluding hydrogens is 252 g/mol. The summed E-state index contributed by atoms with van der Waals surface area (Å²) < 4.78 is 1.09. The summed E-state index contributed by atoms with van der Waals surface area (Å²) >= 11 is 3.48. The van der Waals surface area contributed by atoms with E-state index in [1.807, 2.05) is 6.92 Å². The molecule has 0 N–H and O–H groups in total. The van der Waals surface area contributed by atoms with Gasteiger partial charge in [0.2, 0.25) is 0 Å². The second-order valence-corrected chi connectivity index (χ2v) is 5.10. The van der Waals surface area contributed by atoms with Crippen molar-refractivity contribution in [2.75, 3.05) is 18.0 Å². The van der Waals surface area contributed by atoms with E-state index in [-0.39, 0.29) is 0 Å². The molecule has 0 spiro atoms. The van der Waals surface area contributed by atoms with Gasteiger partial charge in [0.05, 0.1) is 5.69 Å². The first-order chi connectivity index (χ1) is 7.20. The van der Waals surface area contributed by atoms with Gasteiger partial charge < -0.3 is 4.90 Å². The summed E-state index contributed by atoms with van der Waals surface area (Å²) in [6.45, 7) is 6.65. The summed E-state index contributed by atoms with van der Waals surface area (Å²) in [5, 5.41) is 0. The first-order valence-corrected chi connectivity index (χ1v) is 6.38. The molecule has 0 aromatic carbocycles. The Kier molecular flexibility index (Phi) is 3.29. The molecule has 1 fully saturated rings. The fourth-order valence-electron chi connectivity index (χ4n) is 2.08. The molecule has 1 aromatic heterocycles. The lowest BCUT2D eigenvalue weighted by atomic mass is 10.1. The highest BCUT2D eigenvalue weighted by Gasteiger charge is 2.21. The van der Waals surface area contributed by atoms with Gasteiger partial charge in [-0.1, -0.05) is 13.3 Å². The Bertz CT molecular complexity index is 351. The minimum atomic E-state index is 0.857. The minimum absolute atomic E-state index is 0.857. The topological polar surface area (TPSA) is 16.1 Å². The van der Waals surface area contributed by atoms with Crippen LogP contribution >= 0.6 is 15.9 Å². The van der Waals surface area contributed by atoms with Crippen LogP contribution < -0.4 is 4.90 Å². The summed E-state index contributed by atoms with van der Waals surface area (Å²) in [5.41, 5.74) is 1.08. The van der Waals surface area contributed by atoms with Crippen molar-refractivity contribution in [1.82, 2.24) is 4.98 Å². The number of aryl methyl sites for hydroxylation is 1. The molecule has 1 aliphatic heterocycles. The maximum atomic E-state index is 4.60. The molecule has 1 atom stereocenters. The molecule has 0 amide bonds. The predicted octanol–water partition coefficient (Wildman–Crippen LogP) is 3.39. The standard InChI is InChI=1S/C12H17BrN2/c1-3-10-6-7-15(8-10)12-5-4-11(13)9(2)14-12/h4-5,10H,3,6-8H2,1-2H3. The van der Waals surface area contributed by atoms with Crippen molar-refractivity contribution in [3.63, 3.8) is 0 Å². The molecule has 2 heterocycles. The van der Waals surface area contributed by atoms with E-state index in [1.54, 1.807) is 0 Å².